The number of fused-ring (bicyclic) bond motifs is 1. The first-order valence-corrected chi connectivity index (χ1v) is 9.14. The minimum atomic E-state index is 0.0106. The van der Waals surface area contributed by atoms with Crippen LogP contribution in [0, 0.1) is 5.92 Å². The molecule has 1 saturated heterocycles. The Morgan fingerprint density at radius 1 is 1.07 bits per heavy atom. The molecule has 1 aliphatic rings. The summed E-state index contributed by atoms with van der Waals surface area (Å²) in [6.07, 6.45) is 3.22. The van der Waals surface area contributed by atoms with Crippen LogP contribution in [-0.2, 0) is 4.79 Å². The average Bonchev–Trinajstić information content (AvgIpc) is 2.74. The number of nitrogens with one attached hydrogen (secondary N) is 1. The summed E-state index contributed by atoms with van der Waals surface area (Å²) in [6, 6.07) is 15.4. The van der Waals surface area contributed by atoms with Gasteiger partial charge in [0.25, 0.3) is 0 Å². The van der Waals surface area contributed by atoms with Gasteiger partial charge in [0.2, 0.25) is 5.91 Å². The Hall–Kier alpha value is -3.15. The predicted molar refractivity (Wildman–Crippen MR) is 106 cm³/mol. The van der Waals surface area contributed by atoms with Crippen LogP contribution in [0.2, 0.25) is 0 Å². The fraction of sp³-hybridized carbons (Fsp3) is 0.286. The number of hydrogen-bond donors (Lipinski definition) is 1. The molecule has 6 nitrogen and oxygen atoms in total. The molecular formula is C21H22N4O2. The van der Waals surface area contributed by atoms with Crippen molar-refractivity contribution in [3.8, 4) is 5.75 Å². The maximum atomic E-state index is 12.6. The van der Waals surface area contributed by atoms with Crippen LogP contribution in [0.4, 0.5) is 11.5 Å². The monoisotopic (exact) mass is 362 g/mol. The van der Waals surface area contributed by atoms with Crippen molar-refractivity contribution in [2.24, 2.45) is 5.92 Å². The number of amides is 1. The second kappa shape index (κ2) is 7.61. The van der Waals surface area contributed by atoms with Gasteiger partial charge in [0.15, 0.2) is 0 Å². The maximum absolute atomic E-state index is 12.6. The van der Waals surface area contributed by atoms with Crippen molar-refractivity contribution in [1.29, 1.82) is 0 Å². The average molecular weight is 362 g/mol. The van der Waals surface area contributed by atoms with E-state index in [4.69, 9.17) is 4.74 Å². The van der Waals surface area contributed by atoms with Gasteiger partial charge in [0, 0.05) is 30.1 Å². The minimum Gasteiger partial charge on any atom is -0.497 e. The number of anilines is 2. The third kappa shape index (κ3) is 3.69. The van der Waals surface area contributed by atoms with Gasteiger partial charge < -0.3 is 15.0 Å². The lowest BCUT2D eigenvalue weighted by molar-refractivity contribution is -0.120. The second-order valence-electron chi connectivity index (χ2n) is 6.69. The summed E-state index contributed by atoms with van der Waals surface area (Å²) in [6.45, 7) is 1.61. The van der Waals surface area contributed by atoms with Crippen LogP contribution in [0.25, 0.3) is 10.9 Å². The van der Waals surface area contributed by atoms with Gasteiger partial charge >= 0.3 is 0 Å². The number of piperidine rings is 1. The third-order valence-electron chi connectivity index (χ3n) is 5.04. The molecular weight excluding hydrogens is 340 g/mol. The molecule has 27 heavy (non-hydrogen) atoms. The van der Waals surface area contributed by atoms with Crippen LogP contribution in [0.3, 0.4) is 0 Å². The van der Waals surface area contributed by atoms with Crippen molar-refractivity contribution < 1.29 is 9.53 Å². The van der Waals surface area contributed by atoms with Crippen LogP contribution < -0.4 is 15.0 Å². The van der Waals surface area contributed by atoms with E-state index in [0.29, 0.717) is 0 Å². The number of aromatic nitrogens is 2. The molecule has 1 aromatic heterocycles. The summed E-state index contributed by atoms with van der Waals surface area (Å²) in [7, 11) is 1.63. The van der Waals surface area contributed by atoms with Crippen LogP contribution in [0.15, 0.2) is 54.9 Å². The number of benzene rings is 2. The third-order valence-corrected chi connectivity index (χ3v) is 5.04. The van der Waals surface area contributed by atoms with Gasteiger partial charge in [-0.1, -0.05) is 12.1 Å². The van der Waals surface area contributed by atoms with Gasteiger partial charge in [-0.05, 0) is 49.2 Å². The number of para-hydroxylation sites is 1. The number of rotatable bonds is 4. The van der Waals surface area contributed by atoms with E-state index in [2.05, 4.69) is 20.2 Å². The Bertz CT molecular complexity index is 929. The number of carbonyl (C=O) groups is 1. The lowest BCUT2D eigenvalue weighted by Gasteiger charge is -2.32. The zero-order valence-electron chi connectivity index (χ0n) is 15.3. The van der Waals surface area contributed by atoms with Gasteiger partial charge in [-0.2, -0.15) is 0 Å². The van der Waals surface area contributed by atoms with E-state index in [1.54, 1.807) is 13.4 Å². The summed E-state index contributed by atoms with van der Waals surface area (Å²) in [5, 5.41) is 4.07. The largest absolute Gasteiger partial charge is 0.497 e. The van der Waals surface area contributed by atoms with Crippen molar-refractivity contribution in [1.82, 2.24) is 9.97 Å². The molecule has 1 fully saturated rings. The molecule has 0 bridgehead atoms. The highest BCUT2D eigenvalue weighted by atomic mass is 16.5. The standard InChI is InChI=1S/C21H22N4O2/c1-27-17-8-6-16(7-9-17)24-21(26)15-10-12-25(13-11-15)20-18-4-2-3-5-19(18)22-14-23-20/h2-9,14-15H,10-13H2,1H3,(H,24,26). The Labute approximate surface area is 158 Å². The van der Waals surface area contributed by atoms with E-state index in [0.717, 1.165) is 54.1 Å². The summed E-state index contributed by atoms with van der Waals surface area (Å²) >= 11 is 0. The summed E-state index contributed by atoms with van der Waals surface area (Å²) in [5.74, 6) is 1.82. The van der Waals surface area contributed by atoms with Crippen molar-refractivity contribution >= 4 is 28.3 Å². The van der Waals surface area contributed by atoms with Crippen molar-refractivity contribution in [2.75, 3.05) is 30.4 Å². The summed E-state index contributed by atoms with van der Waals surface area (Å²) in [4.78, 5) is 23.7. The molecule has 1 amide bonds. The molecule has 138 valence electrons. The zero-order chi connectivity index (χ0) is 18.6. The lowest BCUT2D eigenvalue weighted by atomic mass is 9.95. The highest BCUT2D eigenvalue weighted by molar-refractivity contribution is 5.93. The van der Waals surface area contributed by atoms with Crippen molar-refractivity contribution in [3.63, 3.8) is 0 Å². The van der Waals surface area contributed by atoms with Crippen LogP contribution >= 0.6 is 0 Å². The fourth-order valence-corrected chi connectivity index (χ4v) is 3.51. The SMILES string of the molecule is COc1ccc(NC(=O)C2CCN(c3ncnc4ccccc34)CC2)cc1. The Balaban J connectivity index is 1.40. The topological polar surface area (TPSA) is 67.3 Å². The molecule has 0 aliphatic carbocycles. The number of nitrogens with zero attached hydrogens (tertiary/aromatic N) is 3. The van der Waals surface area contributed by atoms with Gasteiger partial charge in [-0.25, -0.2) is 9.97 Å². The Kier molecular flexibility index (Phi) is 4.87. The predicted octanol–water partition coefficient (Wildman–Crippen LogP) is 3.49. The molecule has 6 heteroatoms. The molecule has 1 N–H and O–H groups in total. The normalized spacial score (nSPS) is 14.9. The zero-order valence-corrected chi connectivity index (χ0v) is 15.3. The highest BCUT2D eigenvalue weighted by Gasteiger charge is 2.26. The summed E-state index contributed by atoms with van der Waals surface area (Å²) < 4.78 is 5.15. The van der Waals surface area contributed by atoms with Gasteiger partial charge in [-0.3, -0.25) is 4.79 Å². The molecule has 0 unspecified atom stereocenters. The van der Waals surface area contributed by atoms with E-state index < -0.39 is 0 Å². The molecule has 4 rings (SSSR count). The molecule has 0 radical (unpaired) electrons. The first-order valence-electron chi connectivity index (χ1n) is 9.14. The molecule has 0 atom stereocenters. The van der Waals surface area contributed by atoms with Crippen LogP contribution in [-0.4, -0.2) is 36.1 Å². The quantitative estimate of drug-likeness (QED) is 0.769. The number of hydrogen-bond acceptors (Lipinski definition) is 5. The number of methoxy groups -OCH3 is 1. The fourth-order valence-electron chi connectivity index (χ4n) is 3.51. The van der Waals surface area contributed by atoms with Crippen molar-refractivity contribution in [2.45, 2.75) is 12.8 Å². The first-order chi connectivity index (χ1) is 13.2. The van der Waals surface area contributed by atoms with E-state index in [9.17, 15) is 4.79 Å². The second-order valence-corrected chi connectivity index (χ2v) is 6.69. The van der Waals surface area contributed by atoms with E-state index in [1.807, 2.05) is 48.5 Å². The molecule has 0 spiro atoms. The molecule has 3 aromatic rings. The smallest absolute Gasteiger partial charge is 0.227 e. The van der Waals surface area contributed by atoms with Gasteiger partial charge in [0.05, 0.1) is 12.6 Å². The summed E-state index contributed by atoms with van der Waals surface area (Å²) in [5.41, 5.74) is 1.74. The van der Waals surface area contributed by atoms with E-state index in [-0.39, 0.29) is 11.8 Å². The Morgan fingerprint density at radius 3 is 2.56 bits per heavy atom. The van der Waals surface area contributed by atoms with Gasteiger partial charge in [0.1, 0.15) is 17.9 Å². The minimum absolute atomic E-state index is 0.0106. The maximum Gasteiger partial charge on any atom is 0.227 e. The Morgan fingerprint density at radius 2 is 1.81 bits per heavy atom. The highest BCUT2D eigenvalue weighted by Crippen LogP contribution is 2.28. The molecule has 2 heterocycles. The van der Waals surface area contributed by atoms with E-state index in [1.165, 1.54) is 0 Å². The molecule has 1 aliphatic heterocycles. The first kappa shape index (κ1) is 17.3. The van der Waals surface area contributed by atoms with Crippen LogP contribution in [0.1, 0.15) is 12.8 Å². The lowest BCUT2D eigenvalue weighted by Crippen LogP contribution is -2.38. The molecule has 2 aromatic carbocycles. The van der Waals surface area contributed by atoms with Crippen LogP contribution in [0.5, 0.6) is 5.75 Å². The van der Waals surface area contributed by atoms with Crippen molar-refractivity contribution in [3.05, 3.63) is 54.9 Å². The van der Waals surface area contributed by atoms with Gasteiger partial charge in [-0.15, -0.1) is 0 Å². The molecule has 0 saturated carbocycles. The van der Waals surface area contributed by atoms with E-state index >= 15 is 0 Å². The number of carbonyl (C=O) groups excluding carboxylic acids is 1. The number of ether oxygens (including phenoxy) is 1.